The van der Waals surface area contributed by atoms with Crippen LogP contribution >= 0.6 is 23.2 Å². The quantitative estimate of drug-likeness (QED) is 0.327. The van der Waals surface area contributed by atoms with Gasteiger partial charge in [-0.05, 0) is 53.6 Å². The van der Waals surface area contributed by atoms with Crippen molar-refractivity contribution in [1.82, 2.24) is 10.4 Å². The maximum Gasteiger partial charge on any atom is 0.240 e. The molecule has 2 heterocycles. The van der Waals surface area contributed by atoms with Crippen LogP contribution in [0.25, 0.3) is 0 Å². The van der Waals surface area contributed by atoms with Gasteiger partial charge in [-0.2, -0.15) is 5.06 Å². The molecule has 0 saturated carbocycles. The maximum atomic E-state index is 14.9. The van der Waals surface area contributed by atoms with E-state index >= 15 is 0 Å². The fourth-order valence-corrected chi connectivity index (χ4v) is 6.16. The fraction of sp³-hybridized carbons (Fsp3) is 0.500. The fourth-order valence-electron chi connectivity index (χ4n) is 5.80. The van der Waals surface area contributed by atoms with Gasteiger partial charge < -0.3 is 26.1 Å². The predicted molar refractivity (Wildman–Crippen MR) is 149 cm³/mol. The van der Waals surface area contributed by atoms with Crippen molar-refractivity contribution >= 4 is 40.7 Å². The summed E-state index contributed by atoms with van der Waals surface area (Å²) in [4.78, 5) is 27.7. The Hall–Kier alpha value is -2.27. The summed E-state index contributed by atoms with van der Waals surface area (Å²) in [6.45, 7) is 5.41. The zero-order valence-corrected chi connectivity index (χ0v) is 22.9. The molecule has 4 rings (SSSR count). The van der Waals surface area contributed by atoms with Gasteiger partial charge in [-0.25, -0.2) is 4.39 Å². The van der Waals surface area contributed by atoms with Crippen LogP contribution in [0.2, 0.25) is 10.0 Å². The predicted octanol–water partition coefficient (Wildman–Crippen LogP) is 4.48. The smallest absolute Gasteiger partial charge is 0.240 e. The van der Waals surface area contributed by atoms with E-state index in [4.69, 9.17) is 28.3 Å². The number of hydroxylamine groups is 2. The Balaban J connectivity index is 0.00000420. The first-order valence-corrected chi connectivity index (χ1v) is 13.2. The summed E-state index contributed by atoms with van der Waals surface area (Å²) in [7, 11) is 0. The molecule has 5 atom stereocenters. The highest BCUT2D eigenvalue weighted by Gasteiger charge is 2.69. The van der Waals surface area contributed by atoms with Gasteiger partial charge in [0.25, 0.3) is 0 Å². The lowest BCUT2D eigenvalue weighted by molar-refractivity contribution is -0.164. The Morgan fingerprint density at radius 2 is 1.95 bits per heavy atom. The summed E-state index contributed by atoms with van der Waals surface area (Å²) in [6.07, 6.45) is -0.649. The number of nitrogens with one attached hydrogen (secondary N) is 2. The van der Waals surface area contributed by atoms with Gasteiger partial charge in [0, 0.05) is 23.2 Å². The van der Waals surface area contributed by atoms with Gasteiger partial charge in [-0.15, -0.1) is 0 Å². The molecule has 2 aliphatic heterocycles. The number of benzene rings is 2. The molecule has 8 nitrogen and oxygen atoms in total. The molecule has 2 aromatic carbocycles. The van der Waals surface area contributed by atoms with Gasteiger partial charge >= 0.3 is 0 Å². The Kier molecular flexibility index (Phi) is 9.37. The van der Waals surface area contributed by atoms with Crippen LogP contribution in [0.15, 0.2) is 36.4 Å². The van der Waals surface area contributed by atoms with Crippen molar-refractivity contribution in [2.24, 2.45) is 5.41 Å². The lowest BCUT2D eigenvalue weighted by Gasteiger charge is -2.38. The molecule has 11 heteroatoms. The number of carbonyl (C=O) groups is 2. The van der Waals surface area contributed by atoms with Crippen molar-refractivity contribution in [1.29, 1.82) is 0 Å². The van der Waals surface area contributed by atoms with Gasteiger partial charge in [0.15, 0.2) is 0 Å². The summed E-state index contributed by atoms with van der Waals surface area (Å²) >= 11 is 12.4. The molecule has 1 spiro atoms. The Labute approximate surface area is 238 Å². The van der Waals surface area contributed by atoms with Crippen LogP contribution < -0.4 is 10.6 Å². The number of aliphatic hydroxyl groups is 2. The zero-order chi connectivity index (χ0) is 28.0. The molecule has 2 aromatic rings. The highest BCUT2D eigenvalue weighted by Crippen LogP contribution is 2.59. The average Bonchev–Trinajstić information content (AvgIpc) is 3.24. The van der Waals surface area contributed by atoms with Crippen molar-refractivity contribution in [3.63, 3.8) is 0 Å². The zero-order valence-electron chi connectivity index (χ0n) is 21.3. The minimum atomic E-state index is -1.57. The first-order chi connectivity index (χ1) is 17.8. The van der Waals surface area contributed by atoms with Crippen molar-refractivity contribution in [3.8, 4) is 0 Å². The Morgan fingerprint density at radius 1 is 1.26 bits per heavy atom. The van der Waals surface area contributed by atoms with Crippen LogP contribution in [0.5, 0.6) is 0 Å². The molecule has 1 saturated heterocycles. The van der Waals surface area contributed by atoms with Crippen LogP contribution in [0, 0.1) is 11.2 Å². The van der Waals surface area contributed by atoms with E-state index in [1.165, 1.54) is 12.1 Å². The average molecular weight is 585 g/mol. The lowest BCUT2D eigenvalue weighted by atomic mass is 9.62. The van der Waals surface area contributed by atoms with Crippen LogP contribution in [-0.4, -0.2) is 63.6 Å². The van der Waals surface area contributed by atoms with Gasteiger partial charge in [0.1, 0.15) is 17.3 Å². The molecule has 5 unspecified atom stereocenters. The van der Waals surface area contributed by atoms with E-state index in [2.05, 4.69) is 10.6 Å². The van der Waals surface area contributed by atoms with Gasteiger partial charge in [-0.1, -0.05) is 63.5 Å². The molecule has 0 bridgehead atoms. The first-order valence-electron chi connectivity index (χ1n) is 12.4. The third-order valence-electron chi connectivity index (χ3n) is 7.34. The number of rotatable bonds is 7. The van der Waals surface area contributed by atoms with Crippen molar-refractivity contribution in [2.45, 2.75) is 70.6 Å². The second kappa shape index (κ2) is 11.7. The van der Waals surface area contributed by atoms with Crippen LogP contribution in [0.3, 0.4) is 0 Å². The van der Waals surface area contributed by atoms with Crippen LogP contribution in [0.4, 0.5) is 10.1 Å². The van der Waals surface area contributed by atoms with E-state index in [9.17, 15) is 24.3 Å². The molecule has 0 aliphatic carbocycles. The highest BCUT2D eigenvalue weighted by molar-refractivity contribution is 6.31. The van der Waals surface area contributed by atoms with E-state index in [1.807, 2.05) is 20.8 Å². The standard InChI is InChI=1S/C27H32Cl2FN3O5.CH4/c1-26(2,3)12-21-27(17-10-19(30)18(29)11-20(17)32-25(27)37)22(14-5-4-6-15(28)9-14)23(33(21)38)24(36)31-8-7-16(35)13-34;/h4-6,9-11,16,21-23,34-35,38H,7-8,12-13H2,1-3H3,(H,31,36)(H,32,37);1H4. The van der Waals surface area contributed by atoms with Crippen LogP contribution in [-0.2, 0) is 15.0 Å². The molecular weight excluding hydrogens is 548 g/mol. The minimum Gasteiger partial charge on any atom is -0.394 e. The maximum absolute atomic E-state index is 14.9. The molecule has 214 valence electrons. The van der Waals surface area contributed by atoms with E-state index in [0.717, 1.165) is 5.06 Å². The first kappa shape index (κ1) is 31.3. The van der Waals surface area contributed by atoms with Crippen molar-refractivity contribution in [2.75, 3.05) is 18.5 Å². The number of anilines is 1. The number of nitrogens with zero attached hydrogens (tertiary/aromatic N) is 1. The van der Waals surface area contributed by atoms with Gasteiger partial charge in [-0.3, -0.25) is 9.59 Å². The largest absolute Gasteiger partial charge is 0.394 e. The van der Waals surface area contributed by atoms with Gasteiger partial charge in [0.2, 0.25) is 11.8 Å². The lowest BCUT2D eigenvalue weighted by Crippen LogP contribution is -2.50. The molecular formula is C28H36Cl2FN3O5. The van der Waals surface area contributed by atoms with Crippen molar-refractivity contribution < 1.29 is 29.4 Å². The molecule has 1 fully saturated rings. The van der Waals surface area contributed by atoms with Crippen molar-refractivity contribution in [3.05, 3.63) is 63.4 Å². The van der Waals surface area contributed by atoms with E-state index in [-0.39, 0.29) is 31.8 Å². The molecule has 5 N–H and O–H groups in total. The minimum absolute atomic E-state index is 0. The van der Waals surface area contributed by atoms with E-state index in [1.54, 1.807) is 24.3 Å². The second-order valence-corrected chi connectivity index (χ2v) is 12.0. The van der Waals surface area contributed by atoms with E-state index in [0.29, 0.717) is 21.8 Å². The normalized spacial score (nSPS) is 25.3. The number of carbonyl (C=O) groups excluding carboxylic acids is 2. The molecule has 2 amide bonds. The SMILES string of the molecule is C.CC(C)(C)CC1N(O)C(C(=O)NCCC(O)CO)C(c2cccc(Cl)c2)C12C(=O)Nc1cc(Cl)c(F)cc12. The summed E-state index contributed by atoms with van der Waals surface area (Å²) in [5.74, 6) is -2.77. The number of halogens is 3. The Morgan fingerprint density at radius 3 is 2.56 bits per heavy atom. The topological polar surface area (TPSA) is 122 Å². The monoisotopic (exact) mass is 583 g/mol. The summed E-state index contributed by atoms with van der Waals surface area (Å²) < 4.78 is 14.9. The highest BCUT2D eigenvalue weighted by atomic mass is 35.5. The van der Waals surface area contributed by atoms with Crippen LogP contribution in [0.1, 0.15) is 58.1 Å². The molecule has 2 aliphatic rings. The summed E-state index contributed by atoms with van der Waals surface area (Å²) in [5, 5.41) is 37.1. The van der Waals surface area contributed by atoms with E-state index < -0.39 is 59.2 Å². The number of fused-ring (bicyclic) bond motifs is 2. The van der Waals surface area contributed by atoms with Gasteiger partial charge in [0.05, 0.1) is 23.8 Å². The molecule has 0 aromatic heterocycles. The number of aliphatic hydroxyl groups excluding tert-OH is 2. The Bertz CT molecular complexity index is 1240. The number of hydrogen-bond donors (Lipinski definition) is 5. The number of hydrogen-bond acceptors (Lipinski definition) is 6. The summed E-state index contributed by atoms with van der Waals surface area (Å²) in [5.41, 5.74) is -0.842. The molecule has 39 heavy (non-hydrogen) atoms. The second-order valence-electron chi connectivity index (χ2n) is 11.2. The number of amides is 2. The third kappa shape index (κ3) is 5.66. The third-order valence-corrected chi connectivity index (χ3v) is 7.86. The summed E-state index contributed by atoms with van der Waals surface area (Å²) in [6, 6.07) is 7.06. The molecule has 0 radical (unpaired) electrons.